The SMILES string of the molecule is CCc1ccc(N2C(C)Cc3cc(-c4c[nH][n+](CC)c4)ccc3C2c2ccc(/C=C/C(=O)O)cc2)cc1. The van der Waals surface area contributed by atoms with Gasteiger partial charge in [0.05, 0.1) is 17.8 Å². The van der Waals surface area contributed by atoms with E-state index in [9.17, 15) is 4.79 Å². The van der Waals surface area contributed by atoms with Crippen LogP contribution in [0.5, 0.6) is 0 Å². The maximum Gasteiger partial charge on any atom is 0.328 e. The molecule has 37 heavy (non-hydrogen) atoms. The van der Waals surface area contributed by atoms with Gasteiger partial charge in [-0.25, -0.2) is 4.79 Å². The molecule has 2 N–H and O–H groups in total. The smallest absolute Gasteiger partial charge is 0.328 e. The number of aromatic nitrogens is 2. The number of carbonyl (C=O) groups is 1. The summed E-state index contributed by atoms with van der Waals surface area (Å²) in [7, 11) is 0. The molecule has 0 amide bonds. The molecule has 5 heteroatoms. The third-order valence-corrected chi connectivity index (χ3v) is 7.37. The number of H-pyrrole nitrogens is 1. The highest BCUT2D eigenvalue weighted by atomic mass is 16.4. The summed E-state index contributed by atoms with van der Waals surface area (Å²) in [5.41, 5.74) is 9.72. The third-order valence-electron chi connectivity index (χ3n) is 7.37. The second-order valence-corrected chi connectivity index (χ2v) is 9.78. The van der Waals surface area contributed by atoms with Crippen LogP contribution >= 0.6 is 0 Å². The van der Waals surface area contributed by atoms with E-state index in [0.29, 0.717) is 6.04 Å². The van der Waals surface area contributed by atoms with E-state index in [2.05, 4.69) is 102 Å². The van der Waals surface area contributed by atoms with Gasteiger partial charge in [-0.2, -0.15) is 5.10 Å². The highest BCUT2D eigenvalue weighted by Gasteiger charge is 2.33. The van der Waals surface area contributed by atoms with Crippen LogP contribution in [0.1, 0.15) is 54.6 Å². The molecule has 5 nitrogen and oxygen atoms in total. The van der Waals surface area contributed by atoms with Crippen molar-refractivity contribution >= 4 is 17.7 Å². The van der Waals surface area contributed by atoms with Gasteiger partial charge in [0.2, 0.25) is 6.20 Å². The Morgan fingerprint density at radius 2 is 1.81 bits per heavy atom. The van der Waals surface area contributed by atoms with Crippen LogP contribution in [-0.2, 0) is 24.2 Å². The summed E-state index contributed by atoms with van der Waals surface area (Å²) in [6, 6.07) is 24.4. The molecule has 2 unspecified atom stereocenters. The molecule has 4 aromatic rings. The second-order valence-electron chi connectivity index (χ2n) is 9.78. The third kappa shape index (κ3) is 5.08. The van der Waals surface area contributed by atoms with E-state index in [1.54, 1.807) is 6.08 Å². The number of aromatic amines is 1. The van der Waals surface area contributed by atoms with E-state index in [0.717, 1.165) is 24.9 Å². The fourth-order valence-corrected chi connectivity index (χ4v) is 5.39. The predicted molar refractivity (Wildman–Crippen MR) is 149 cm³/mol. The van der Waals surface area contributed by atoms with E-state index in [-0.39, 0.29) is 6.04 Å². The molecule has 188 valence electrons. The number of carboxylic acid groups (broad SMARTS) is 1. The van der Waals surface area contributed by atoms with Crippen molar-refractivity contribution in [2.75, 3.05) is 4.90 Å². The summed E-state index contributed by atoms with van der Waals surface area (Å²) < 4.78 is 2.09. The summed E-state index contributed by atoms with van der Waals surface area (Å²) >= 11 is 0. The van der Waals surface area contributed by atoms with Crippen molar-refractivity contribution in [3.8, 4) is 11.1 Å². The lowest BCUT2D eigenvalue weighted by Crippen LogP contribution is -2.42. The average molecular weight is 493 g/mol. The Kier molecular flexibility index (Phi) is 6.95. The van der Waals surface area contributed by atoms with Gasteiger partial charge in [-0.3, -0.25) is 0 Å². The van der Waals surface area contributed by atoms with E-state index in [4.69, 9.17) is 5.11 Å². The number of carboxylic acids is 1. The minimum absolute atomic E-state index is 0.0598. The zero-order valence-corrected chi connectivity index (χ0v) is 21.7. The highest BCUT2D eigenvalue weighted by molar-refractivity contribution is 5.85. The van der Waals surface area contributed by atoms with E-state index in [1.807, 2.05) is 12.1 Å². The molecule has 0 bridgehead atoms. The number of hydrogen-bond donors (Lipinski definition) is 2. The number of nitrogens with zero attached hydrogens (tertiary/aromatic N) is 2. The molecule has 0 radical (unpaired) electrons. The number of fused-ring (bicyclic) bond motifs is 1. The molecule has 1 aliphatic heterocycles. The number of rotatable bonds is 7. The molecule has 0 saturated heterocycles. The standard InChI is InChI=1S/C32H33N3O2/c1-4-23-8-14-29(15-9-23)35-22(3)18-27-19-26(28-20-33-34(5-2)21-28)13-16-30(27)32(35)25-11-6-24(7-12-25)10-17-31(36)37/h6-17,19-22,32H,4-5,18H2,1-3H3,(H,36,37)/p+1/b17-10+. The maximum atomic E-state index is 11.0. The van der Waals surface area contributed by atoms with Crippen LogP contribution in [0.4, 0.5) is 5.69 Å². The van der Waals surface area contributed by atoms with Gasteiger partial charge in [0.1, 0.15) is 0 Å². The number of benzene rings is 3. The fraction of sp³-hybridized carbons (Fsp3) is 0.250. The number of anilines is 1. The van der Waals surface area contributed by atoms with Crippen LogP contribution in [0, 0.1) is 0 Å². The van der Waals surface area contributed by atoms with Crippen LogP contribution < -0.4 is 9.58 Å². The van der Waals surface area contributed by atoms with Crippen molar-refractivity contribution in [2.24, 2.45) is 0 Å². The van der Waals surface area contributed by atoms with Crippen molar-refractivity contribution < 1.29 is 14.6 Å². The molecule has 3 aromatic carbocycles. The minimum atomic E-state index is -0.941. The molecule has 1 aromatic heterocycles. The Morgan fingerprint density at radius 3 is 2.46 bits per heavy atom. The topological polar surface area (TPSA) is 60.2 Å². The summed E-state index contributed by atoms with van der Waals surface area (Å²) in [5, 5.41) is 12.3. The molecular weight excluding hydrogens is 458 g/mol. The van der Waals surface area contributed by atoms with E-state index in [1.165, 1.54) is 45.1 Å². The van der Waals surface area contributed by atoms with Gasteiger partial charge >= 0.3 is 5.97 Å². The van der Waals surface area contributed by atoms with Crippen molar-refractivity contribution in [2.45, 2.75) is 52.2 Å². The van der Waals surface area contributed by atoms with Crippen LogP contribution in [0.25, 0.3) is 17.2 Å². The van der Waals surface area contributed by atoms with Gasteiger partial charge in [0, 0.05) is 17.8 Å². The monoisotopic (exact) mass is 492 g/mol. The van der Waals surface area contributed by atoms with Crippen LogP contribution in [-0.4, -0.2) is 22.2 Å². The normalized spacial score (nSPS) is 17.2. The summed E-state index contributed by atoms with van der Waals surface area (Å²) in [6.07, 6.45) is 9.03. The Hall–Kier alpha value is -4.12. The lowest BCUT2D eigenvalue weighted by Gasteiger charge is -2.44. The molecule has 0 fully saturated rings. The van der Waals surface area contributed by atoms with Gasteiger partial charge in [-0.05, 0) is 78.3 Å². The minimum Gasteiger partial charge on any atom is -0.478 e. The Balaban J connectivity index is 1.59. The number of aryl methyl sites for hydroxylation is 2. The number of aliphatic carboxylic acids is 1. The first-order valence-corrected chi connectivity index (χ1v) is 13.1. The Bertz CT molecular complexity index is 1420. The molecular formula is C32H34N3O2+. The summed E-state index contributed by atoms with van der Waals surface area (Å²) in [5.74, 6) is -0.941. The lowest BCUT2D eigenvalue weighted by molar-refractivity contribution is -0.746. The average Bonchev–Trinajstić information content (AvgIpc) is 3.41. The molecule has 1 aliphatic rings. The van der Waals surface area contributed by atoms with Crippen molar-refractivity contribution in [3.63, 3.8) is 0 Å². The molecule has 5 rings (SSSR count). The lowest BCUT2D eigenvalue weighted by atomic mass is 9.83. The van der Waals surface area contributed by atoms with Crippen molar-refractivity contribution in [1.82, 2.24) is 5.10 Å². The van der Waals surface area contributed by atoms with Crippen molar-refractivity contribution in [1.29, 1.82) is 0 Å². The zero-order chi connectivity index (χ0) is 25.9. The molecule has 0 spiro atoms. The number of nitrogens with one attached hydrogen (secondary N) is 1. The molecule has 2 heterocycles. The van der Waals surface area contributed by atoms with Crippen LogP contribution in [0.3, 0.4) is 0 Å². The van der Waals surface area contributed by atoms with Crippen molar-refractivity contribution in [3.05, 3.63) is 113 Å². The molecule has 2 atom stereocenters. The number of hydrogen-bond acceptors (Lipinski definition) is 2. The van der Waals surface area contributed by atoms with E-state index >= 15 is 0 Å². The first-order chi connectivity index (χ1) is 18.0. The highest BCUT2D eigenvalue weighted by Crippen LogP contribution is 2.42. The quantitative estimate of drug-likeness (QED) is 0.239. The second kappa shape index (κ2) is 10.5. The van der Waals surface area contributed by atoms with Crippen LogP contribution in [0.15, 0.2) is 85.2 Å². The first kappa shape index (κ1) is 24.6. The van der Waals surface area contributed by atoms with Gasteiger partial charge in [0.25, 0.3) is 0 Å². The largest absolute Gasteiger partial charge is 0.478 e. The van der Waals surface area contributed by atoms with Gasteiger partial charge < -0.3 is 10.0 Å². The Morgan fingerprint density at radius 1 is 1.05 bits per heavy atom. The zero-order valence-electron chi connectivity index (χ0n) is 21.7. The first-order valence-electron chi connectivity index (χ1n) is 13.1. The summed E-state index contributed by atoms with van der Waals surface area (Å²) in [6.45, 7) is 7.53. The molecule has 0 saturated carbocycles. The molecule has 0 aliphatic carbocycles. The summed E-state index contributed by atoms with van der Waals surface area (Å²) in [4.78, 5) is 13.5. The predicted octanol–water partition coefficient (Wildman–Crippen LogP) is 6.19. The van der Waals surface area contributed by atoms with Gasteiger partial charge in [0.15, 0.2) is 6.54 Å². The van der Waals surface area contributed by atoms with Crippen LogP contribution in [0.2, 0.25) is 0 Å². The van der Waals surface area contributed by atoms with Gasteiger partial charge in [-0.15, -0.1) is 4.68 Å². The Labute approximate surface area is 218 Å². The fourth-order valence-electron chi connectivity index (χ4n) is 5.39. The van der Waals surface area contributed by atoms with Gasteiger partial charge in [-0.1, -0.05) is 61.5 Å². The van der Waals surface area contributed by atoms with E-state index < -0.39 is 5.97 Å². The maximum absolute atomic E-state index is 11.0.